The quantitative estimate of drug-likeness (QED) is 0.431. The van der Waals surface area contributed by atoms with Crippen LogP contribution >= 0.6 is 11.3 Å². The van der Waals surface area contributed by atoms with E-state index in [1.165, 1.54) is 17.8 Å². The van der Waals surface area contributed by atoms with Crippen LogP contribution < -0.4 is 5.32 Å². The maximum absolute atomic E-state index is 4.72. The van der Waals surface area contributed by atoms with Crippen LogP contribution in [-0.2, 0) is 6.42 Å². The summed E-state index contributed by atoms with van der Waals surface area (Å²) in [6.45, 7) is 9.28. The van der Waals surface area contributed by atoms with E-state index in [4.69, 9.17) is 4.99 Å². The van der Waals surface area contributed by atoms with Crippen molar-refractivity contribution in [3.05, 3.63) is 16.1 Å². The topological polar surface area (TPSA) is 40.5 Å². The van der Waals surface area contributed by atoms with Crippen molar-refractivity contribution in [1.82, 2.24) is 15.2 Å². The van der Waals surface area contributed by atoms with E-state index in [9.17, 15) is 0 Å². The predicted octanol–water partition coefficient (Wildman–Crippen LogP) is 3.47. The van der Waals surface area contributed by atoms with Gasteiger partial charge in [0.15, 0.2) is 5.96 Å². The Labute approximate surface area is 133 Å². The first-order valence-electron chi connectivity index (χ1n) is 8.07. The molecular formula is C16H30N4S. The molecule has 0 aliphatic rings. The third-order valence-corrected chi connectivity index (χ3v) is 4.30. The number of hydrogen-bond donors (Lipinski definition) is 1. The van der Waals surface area contributed by atoms with Gasteiger partial charge in [0.05, 0.1) is 5.01 Å². The summed E-state index contributed by atoms with van der Waals surface area (Å²) >= 11 is 1.77. The third kappa shape index (κ3) is 7.46. The second-order valence-electron chi connectivity index (χ2n) is 5.35. The first-order valence-corrected chi connectivity index (χ1v) is 8.95. The van der Waals surface area contributed by atoms with Crippen LogP contribution in [0.5, 0.6) is 0 Å². The Kier molecular flexibility index (Phi) is 9.06. The van der Waals surface area contributed by atoms with Gasteiger partial charge < -0.3 is 10.2 Å². The van der Waals surface area contributed by atoms with Crippen molar-refractivity contribution in [1.29, 1.82) is 0 Å². The molecule has 0 bridgehead atoms. The molecule has 0 fully saturated rings. The fourth-order valence-corrected chi connectivity index (χ4v) is 2.88. The summed E-state index contributed by atoms with van der Waals surface area (Å²) in [5, 5.41) is 6.75. The van der Waals surface area contributed by atoms with Crippen molar-refractivity contribution in [2.75, 3.05) is 26.7 Å². The Morgan fingerprint density at radius 1 is 1.33 bits per heavy atom. The maximum atomic E-state index is 4.72. The molecule has 0 unspecified atom stereocenters. The lowest BCUT2D eigenvalue weighted by Gasteiger charge is -2.21. The molecule has 0 radical (unpaired) electrons. The number of aryl methyl sites for hydroxylation is 2. The average molecular weight is 311 g/mol. The Morgan fingerprint density at radius 2 is 2.14 bits per heavy atom. The van der Waals surface area contributed by atoms with Gasteiger partial charge in [0.1, 0.15) is 0 Å². The van der Waals surface area contributed by atoms with E-state index in [2.05, 4.69) is 48.4 Å². The Hall–Kier alpha value is -1.10. The van der Waals surface area contributed by atoms with Gasteiger partial charge in [-0.25, -0.2) is 4.98 Å². The smallest absolute Gasteiger partial charge is 0.193 e. The Balaban J connectivity index is 2.29. The summed E-state index contributed by atoms with van der Waals surface area (Å²) in [4.78, 5) is 11.4. The van der Waals surface area contributed by atoms with Crippen LogP contribution in [0.15, 0.2) is 10.4 Å². The van der Waals surface area contributed by atoms with E-state index < -0.39 is 0 Å². The summed E-state index contributed by atoms with van der Waals surface area (Å²) in [6.07, 6.45) is 5.79. The molecule has 0 amide bonds. The molecular weight excluding hydrogens is 280 g/mol. The number of aliphatic imine (C=N–C) groups is 1. The van der Waals surface area contributed by atoms with Crippen LogP contribution in [0.4, 0.5) is 0 Å². The van der Waals surface area contributed by atoms with Crippen molar-refractivity contribution < 1.29 is 0 Å². The van der Waals surface area contributed by atoms with Crippen molar-refractivity contribution in [3.63, 3.8) is 0 Å². The van der Waals surface area contributed by atoms with Gasteiger partial charge in [-0.15, -0.1) is 11.3 Å². The highest BCUT2D eigenvalue weighted by atomic mass is 32.1. The summed E-state index contributed by atoms with van der Waals surface area (Å²) < 4.78 is 0. The van der Waals surface area contributed by atoms with Gasteiger partial charge in [-0.3, -0.25) is 4.99 Å². The van der Waals surface area contributed by atoms with Crippen LogP contribution in [0.1, 0.15) is 50.2 Å². The number of guanidine groups is 1. The molecule has 0 aromatic carbocycles. The number of rotatable bonds is 9. The zero-order valence-corrected chi connectivity index (χ0v) is 14.8. The van der Waals surface area contributed by atoms with Crippen LogP contribution in [0.3, 0.4) is 0 Å². The molecule has 0 saturated carbocycles. The molecule has 1 aromatic rings. The molecule has 0 aliphatic heterocycles. The van der Waals surface area contributed by atoms with E-state index in [1.54, 1.807) is 11.3 Å². The van der Waals surface area contributed by atoms with Crippen LogP contribution in [0.2, 0.25) is 0 Å². The SMILES string of the molecule is CCCCN(C)C(=NCCCCc1nc(C)cs1)NCC. The largest absolute Gasteiger partial charge is 0.357 e. The highest BCUT2D eigenvalue weighted by Crippen LogP contribution is 2.11. The van der Waals surface area contributed by atoms with Gasteiger partial charge in [-0.1, -0.05) is 13.3 Å². The fourth-order valence-electron chi connectivity index (χ4n) is 2.06. The second kappa shape index (κ2) is 10.6. The summed E-state index contributed by atoms with van der Waals surface area (Å²) in [7, 11) is 2.12. The minimum atomic E-state index is 0.892. The first kappa shape index (κ1) is 18.0. The third-order valence-electron chi connectivity index (χ3n) is 3.27. The standard InChI is InChI=1S/C16H30N4S/c1-5-7-12-20(4)16(17-6-2)18-11-9-8-10-15-19-14(3)13-21-15/h13H,5-12H2,1-4H3,(H,17,18). The molecule has 0 atom stereocenters. The minimum absolute atomic E-state index is 0.892. The maximum Gasteiger partial charge on any atom is 0.193 e. The average Bonchev–Trinajstić information content (AvgIpc) is 2.88. The Bertz CT molecular complexity index is 414. The van der Waals surface area contributed by atoms with E-state index >= 15 is 0 Å². The molecule has 1 N–H and O–H groups in total. The molecule has 1 heterocycles. The van der Waals surface area contributed by atoms with E-state index in [0.717, 1.165) is 50.6 Å². The first-order chi connectivity index (χ1) is 10.2. The summed E-state index contributed by atoms with van der Waals surface area (Å²) in [5.74, 6) is 1.04. The number of thiazole rings is 1. The number of nitrogens with one attached hydrogen (secondary N) is 1. The molecule has 0 spiro atoms. The van der Waals surface area contributed by atoms with Crippen LogP contribution in [0.25, 0.3) is 0 Å². The molecule has 5 heteroatoms. The number of hydrogen-bond acceptors (Lipinski definition) is 3. The molecule has 4 nitrogen and oxygen atoms in total. The number of nitrogens with zero attached hydrogens (tertiary/aromatic N) is 3. The van der Waals surface area contributed by atoms with Crippen molar-refractivity contribution >= 4 is 17.3 Å². The molecule has 120 valence electrons. The summed E-state index contributed by atoms with van der Waals surface area (Å²) in [6, 6.07) is 0. The number of unbranched alkanes of at least 4 members (excludes halogenated alkanes) is 2. The predicted molar refractivity (Wildman–Crippen MR) is 93.3 cm³/mol. The van der Waals surface area contributed by atoms with Crippen molar-refractivity contribution in [2.24, 2.45) is 4.99 Å². The highest BCUT2D eigenvalue weighted by Gasteiger charge is 2.04. The van der Waals surface area contributed by atoms with Crippen molar-refractivity contribution in [3.8, 4) is 0 Å². The summed E-state index contributed by atoms with van der Waals surface area (Å²) in [5.41, 5.74) is 1.14. The van der Waals surface area contributed by atoms with Crippen molar-refractivity contribution in [2.45, 2.75) is 52.9 Å². The lowest BCUT2D eigenvalue weighted by atomic mass is 10.2. The molecule has 1 aromatic heterocycles. The Morgan fingerprint density at radius 3 is 2.76 bits per heavy atom. The van der Waals surface area contributed by atoms with Gasteiger partial charge in [0.2, 0.25) is 0 Å². The normalized spacial score (nSPS) is 11.7. The zero-order valence-electron chi connectivity index (χ0n) is 14.0. The van der Waals surface area contributed by atoms with Gasteiger partial charge in [-0.05, 0) is 39.5 Å². The zero-order chi connectivity index (χ0) is 15.5. The van der Waals surface area contributed by atoms with Crippen LogP contribution in [0, 0.1) is 6.92 Å². The van der Waals surface area contributed by atoms with Crippen LogP contribution in [-0.4, -0.2) is 42.5 Å². The lowest BCUT2D eigenvalue weighted by molar-refractivity contribution is 0.464. The minimum Gasteiger partial charge on any atom is -0.357 e. The van der Waals surface area contributed by atoms with Gasteiger partial charge in [0, 0.05) is 37.8 Å². The monoisotopic (exact) mass is 310 g/mol. The molecule has 21 heavy (non-hydrogen) atoms. The van der Waals surface area contributed by atoms with Gasteiger partial charge >= 0.3 is 0 Å². The highest BCUT2D eigenvalue weighted by molar-refractivity contribution is 7.09. The van der Waals surface area contributed by atoms with Gasteiger partial charge in [0.25, 0.3) is 0 Å². The lowest BCUT2D eigenvalue weighted by Crippen LogP contribution is -2.39. The molecule has 1 rings (SSSR count). The molecule has 0 aliphatic carbocycles. The number of aromatic nitrogens is 1. The molecule has 0 saturated heterocycles. The second-order valence-corrected chi connectivity index (χ2v) is 6.29. The van der Waals surface area contributed by atoms with Gasteiger partial charge in [-0.2, -0.15) is 0 Å². The van der Waals surface area contributed by atoms with E-state index in [1.807, 2.05) is 0 Å². The van der Waals surface area contributed by atoms with E-state index in [-0.39, 0.29) is 0 Å². The van der Waals surface area contributed by atoms with E-state index in [0.29, 0.717) is 0 Å². The fraction of sp³-hybridized carbons (Fsp3) is 0.750.